The van der Waals surface area contributed by atoms with Crippen molar-refractivity contribution in [2.75, 3.05) is 6.61 Å². The first kappa shape index (κ1) is 17.4. The number of nitrogens with zero attached hydrogens (tertiary/aromatic N) is 2. The molecule has 0 fully saturated rings. The zero-order valence-electron chi connectivity index (χ0n) is 13.4. The highest BCUT2D eigenvalue weighted by molar-refractivity contribution is 7.99. The third kappa shape index (κ3) is 5.77. The molecule has 0 aliphatic carbocycles. The van der Waals surface area contributed by atoms with Crippen molar-refractivity contribution in [2.24, 2.45) is 0 Å². The predicted octanol–water partition coefficient (Wildman–Crippen LogP) is 2.71. The highest BCUT2D eigenvalue weighted by Gasteiger charge is 2.27. The van der Waals surface area contributed by atoms with Gasteiger partial charge in [0.2, 0.25) is 0 Å². The number of hydrogen-bond donors (Lipinski definition) is 2. The predicted molar refractivity (Wildman–Crippen MR) is 85.2 cm³/mol. The number of aryl methyl sites for hydroxylation is 2. The summed E-state index contributed by atoms with van der Waals surface area (Å²) in [6.45, 7) is 12.5. The van der Waals surface area contributed by atoms with Gasteiger partial charge in [0, 0.05) is 28.2 Å². The van der Waals surface area contributed by atoms with E-state index in [4.69, 9.17) is 0 Å². The lowest BCUT2D eigenvalue weighted by Gasteiger charge is -2.33. The number of rotatable bonds is 7. The van der Waals surface area contributed by atoms with Crippen molar-refractivity contribution in [3.63, 3.8) is 0 Å². The summed E-state index contributed by atoms with van der Waals surface area (Å²) in [7, 11) is 0. The summed E-state index contributed by atoms with van der Waals surface area (Å²) in [5.74, 6) is 0. The van der Waals surface area contributed by atoms with Crippen LogP contribution in [0.25, 0.3) is 0 Å². The van der Waals surface area contributed by atoms with E-state index in [0.717, 1.165) is 23.0 Å². The van der Waals surface area contributed by atoms with E-state index in [2.05, 4.69) is 43.0 Å². The standard InChI is InChI=1S/C15H27N3OS/c1-10(2)18-15(6,9-19)8-13(5)20-14-16-11(3)7-12(4)17-14/h7,10,13,18-19H,8-9H2,1-6H3. The Balaban J connectivity index is 2.68. The lowest BCUT2D eigenvalue weighted by atomic mass is 9.96. The molecule has 0 radical (unpaired) electrons. The number of aromatic nitrogens is 2. The zero-order chi connectivity index (χ0) is 15.3. The molecule has 1 aromatic heterocycles. The molecule has 0 aliphatic rings. The van der Waals surface area contributed by atoms with Crippen LogP contribution in [0.5, 0.6) is 0 Å². The third-order valence-corrected chi connectivity index (χ3v) is 3.95. The van der Waals surface area contributed by atoms with Gasteiger partial charge >= 0.3 is 0 Å². The van der Waals surface area contributed by atoms with Gasteiger partial charge in [0.15, 0.2) is 5.16 Å². The zero-order valence-corrected chi connectivity index (χ0v) is 14.2. The van der Waals surface area contributed by atoms with Crippen LogP contribution in [0.4, 0.5) is 0 Å². The SMILES string of the molecule is Cc1cc(C)nc(SC(C)CC(C)(CO)NC(C)C)n1. The van der Waals surface area contributed by atoms with E-state index in [1.165, 1.54) is 0 Å². The van der Waals surface area contributed by atoms with Crippen LogP contribution in [-0.2, 0) is 0 Å². The van der Waals surface area contributed by atoms with Gasteiger partial charge < -0.3 is 10.4 Å². The minimum absolute atomic E-state index is 0.129. The maximum absolute atomic E-state index is 9.63. The Morgan fingerprint density at radius 2 is 1.80 bits per heavy atom. The molecule has 0 saturated heterocycles. The monoisotopic (exact) mass is 297 g/mol. The lowest BCUT2D eigenvalue weighted by Crippen LogP contribution is -2.50. The van der Waals surface area contributed by atoms with Crippen LogP contribution >= 0.6 is 11.8 Å². The summed E-state index contributed by atoms with van der Waals surface area (Å²) in [5.41, 5.74) is 1.73. The van der Waals surface area contributed by atoms with E-state index < -0.39 is 0 Å². The Kier molecular flexibility index (Phi) is 6.43. The van der Waals surface area contributed by atoms with Gasteiger partial charge in [-0.15, -0.1) is 0 Å². The van der Waals surface area contributed by atoms with Crippen molar-refractivity contribution in [1.82, 2.24) is 15.3 Å². The Bertz CT molecular complexity index is 419. The Morgan fingerprint density at radius 1 is 1.25 bits per heavy atom. The normalized spacial score (nSPS) is 16.2. The average molecular weight is 297 g/mol. The van der Waals surface area contributed by atoms with Gasteiger partial charge in [0.05, 0.1) is 6.61 Å². The van der Waals surface area contributed by atoms with Crippen LogP contribution in [0.2, 0.25) is 0 Å². The molecule has 4 nitrogen and oxygen atoms in total. The van der Waals surface area contributed by atoms with Gasteiger partial charge in [-0.2, -0.15) is 0 Å². The van der Waals surface area contributed by atoms with Crippen molar-refractivity contribution in [3.8, 4) is 0 Å². The fraction of sp³-hybridized carbons (Fsp3) is 0.733. The van der Waals surface area contributed by atoms with Crippen LogP contribution in [0.1, 0.15) is 45.5 Å². The van der Waals surface area contributed by atoms with Crippen molar-refractivity contribution in [1.29, 1.82) is 0 Å². The van der Waals surface area contributed by atoms with E-state index in [1.807, 2.05) is 19.9 Å². The average Bonchev–Trinajstić information content (AvgIpc) is 2.25. The van der Waals surface area contributed by atoms with E-state index >= 15 is 0 Å². The molecule has 0 aliphatic heterocycles. The summed E-state index contributed by atoms with van der Waals surface area (Å²) in [6, 6.07) is 2.33. The molecule has 1 aromatic rings. The molecule has 114 valence electrons. The highest BCUT2D eigenvalue weighted by Crippen LogP contribution is 2.27. The van der Waals surface area contributed by atoms with Crippen molar-refractivity contribution in [2.45, 2.75) is 70.0 Å². The topological polar surface area (TPSA) is 58.0 Å². The first-order valence-corrected chi connectivity index (χ1v) is 7.99. The van der Waals surface area contributed by atoms with E-state index in [0.29, 0.717) is 11.3 Å². The summed E-state index contributed by atoms with van der Waals surface area (Å²) in [5, 5.41) is 14.2. The fourth-order valence-corrected chi connectivity index (χ4v) is 3.67. The smallest absolute Gasteiger partial charge is 0.188 e. The molecular formula is C15H27N3OS. The Hall–Kier alpha value is -0.650. The first-order chi connectivity index (χ1) is 9.24. The van der Waals surface area contributed by atoms with Crippen molar-refractivity contribution < 1.29 is 5.11 Å². The fourth-order valence-electron chi connectivity index (χ4n) is 2.47. The van der Waals surface area contributed by atoms with Crippen LogP contribution < -0.4 is 5.32 Å². The van der Waals surface area contributed by atoms with Crippen molar-refractivity contribution in [3.05, 3.63) is 17.5 Å². The van der Waals surface area contributed by atoms with Crippen LogP contribution in [-0.4, -0.2) is 38.5 Å². The maximum atomic E-state index is 9.63. The molecule has 1 rings (SSSR count). The van der Waals surface area contributed by atoms with Crippen LogP contribution in [0.3, 0.4) is 0 Å². The number of aliphatic hydroxyl groups is 1. The van der Waals surface area contributed by atoms with Gasteiger partial charge in [-0.05, 0) is 33.3 Å². The Morgan fingerprint density at radius 3 is 2.25 bits per heavy atom. The van der Waals surface area contributed by atoms with E-state index in [-0.39, 0.29) is 12.1 Å². The van der Waals surface area contributed by atoms with E-state index in [1.54, 1.807) is 11.8 Å². The minimum atomic E-state index is -0.264. The first-order valence-electron chi connectivity index (χ1n) is 7.11. The molecule has 0 aromatic carbocycles. The van der Waals surface area contributed by atoms with Gasteiger partial charge in [0.25, 0.3) is 0 Å². The molecular weight excluding hydrogens is 270 g/mol. The lowest BCUT2D eigenvalue weighted by molar-refractivity contribution is 0.157. The van der Waals surface area contributed by atoms with Crippen LogP contribution in [0.15, 0.2) is 11.2 Å². The highest BCUT2D eigenvalue weighted by atomic mass is 32.2. The van der Waals surface area contributed by atoms with Gasteiger partial charge in [-0.3, -0.25) is 0 Å². The number of hydrogen-bond acceptors (Lipinski definition) is 5. The molecule has 20 heavy (non-hydrogen) atoms. The summed E-state index contributed by atoms with van der Waals surface area (Å²) in [4.78, 5) is 8.92. The second-order valence-corrected chi connectivity index (χ2v) is 7.49. The number of aliphatic hydroxyl groups excluding tert-OH is 1. The second-order valence-electron chi connectivity index (χ2n) is 6.08. The molecule has 0 spiro atoms. The minimum Gasteiger partial charge on any atom is -0.394 e. The molecule has 0 bridgehead atoms. The third-order valence-electron chi connectivity index (χ3n) is 2.99. The molecule has 2 N–H and O–H groups in total. The van der Waals surface area contributed by atoms with Crippen LogP contribution in [0, 0.1) is 13.8 Å². The quantitative estimate of drug-likeness (QED) is 0.598. The molecule has 0 saturated carbocycles. The van der Waals surface area contributed by atoms with Gasteiger partial charge in [-0.25, -0.2) is 9.97 Å². The summed E-state index contributed by atoms with van der Waals surface area (Å²) >= 11 is 1.67. The summed E-state index contributed by atoms with van der Waals surface area (Å²) < 4.78 is 0. The maximum Gasteiger partial charge on any atom is 0.188 e. The number of thioether (sulfide) groups is 1. The molecule has 5 heteroatoms. The Labute approximate surface area is 126 Å². The molecule has 2 atom stereocenters. The molecule has 0 amide bonds. The van der Waals surface area contributed by atoms with E-state index in [9.17, 15) is 5.11 Å². The largest absolute Gasteiger partial charge is 0.394 e. The van der Waals surface area contributed by atoms with Crippen molar-refractivity contribution >= 4 is 11.8 Å². The molecule has 2 unspecified atom stereocenters. The number of nitrogens with one attached hydrogen (secondary N) is 1. The summed E-state index contributed by atoms with van der Waals surface area (Å²) in [6.07, 6.45) is 0.864. The second kappa shape index (κ2) is 7.38. The van der Waals surface area contributed by atoms with Gasteiger partial charge in [-0.1, -0.05) is 32.5 Å². The van der Waals surface area contributed by atoms with Gasteiger partial charge in [0.1, 0.15) is 0 Å². The molecule has 1 heterocycles.